The monoisotopic (exact) mass is 378 g/mol. The zero-order chi connectivity index (χ0) is 21.4. The van der Waals surface area contributed by atoms with E-state index in [1.54, 1.807) is 0 Å². The fraction of sp³-hybridized carbons (Fsp3) is 0.429. The largest absolute Gasteiger partial charge is 0.0912 e. The predicted molar refractivity (Wildman–Crippen MR) is 131 cm³/mol. The molecule has 0 fully saturated rings. The number of hydrogen-bond donors (Lipinski definition) is 0. The first-order valence-corrected chi connectivity index (χ1v) is 11.1. The van der Waals surface area contributed by atoms with Gasteiger partial charge in [0.15, 0.2) is 0 Å². The first-order chi connectivity index (χ1) is 13.6. The van der Waals surface area contributed by atoms with Crippen LogP contribution in [0.15, 0.2) is 78.9 Å². The summed E-state index contributed by atoms with van der Waals surface area (Å²) in [5.41, 5.74) is 5.14. The van der Waals surface area contributed by atoms with Gasteiger partial charge in [0, 0.05) is 0 Å². The van der Waals surface area contributed by atoms with Gasteiger partial charge in [0.2, 0.25) is 0 Å². The van der Waals surface area contributed by atoms with Crippen molar-refractivity contribution in [1.82, 2.24) is 0 Å². The number of rotatable bonds is 7. The molecule has 0 nitrogen and oxygen atoms in total. The van der Waals surface area contributed by atoms with E-state index < -0.39 is 0 Å². The van der Waals surface area contributed by atoms with Crippen molar-refractivity contribution in [2.45, 2.75) is 67.7 Å². The van der Waals surface area contributed by atoms with Gasteiger partial charge in [-0.1, -0.05) is 120 Å². The van der Waals surface area contributed by atoms with Crippen LogP contribution in [0.4, 0.5) is 0 Å². The van der Waals surface area contributed by atoms with Crippen molar-refractivity contribution in [3.05, 3.63) is 90.1 Å². The highest BCUT2D eigenvalue weighted by Gasteiger charge is 2.19. The summed E-state index contributed by atoms with van der Waals surface area (Å²) < 4.78 is 0. The quantitative estimate of drug-likeness (QED) is 0.328. The van der Waals surface area contributed by atoms with Crippen LogP contribution >= 0.6 is 0 Å². The summed E-state index contributed by atoms with van der Waals surface area (Å²) in [6.07, 6.45) is 19.1. The Bertz CT molecular complexity index is 667. The zero-order valence-electron chi connectivity index (χ0n) is 19.3. The van der Waals surface area contributed by atoms with E-state index in [0.29, 0.717) is 11.8 Å². The van der Waals surface area contributed by atoms with Crippen molar-refractivity contribution in [3.63, 3.8) is 0 Å². The van der Waals surface area contributed by atoms with Crippen molar-refractivity contribution in [2.75, 3.05) is 0 Å². The number of hydrogen-bond acceptors (Lipinski definition) is 0. The standard InChI is InChI=1S/C24H30.2C2H6/c1-5-6-12-21(4)24-18-10-8-15-22(24)16-11-14-20(3)23-17-9-7-13-19(23)2;2*1-2/h6-15,17,21,24H,3,5,16,18H2,1-2,4H3;2*1-2H3/b12-6?,14-11-;;. The average Bonchev–Trinajstić information content (AvgIpc) is 2.75. The minimum absolute atomic E-state index is 0.592. The second-order valence-electron chi connectivity index (χ2n) is 6.65. The first-order valence-electron chi connectivity index (χ1n) is 11.1. The number of benzene rings is 1. The van der Waals surface area contributed by atoms with Crippen molar-refractivity contribution in [2.24, 2.45) is 11.8 Å². The number of aryl methyl sites for hydroxylation is 1. The summed E-state index contributed by atoms with van der Waals surface area (Å²) in [6, 6.07) is 8.43. The van der Waals surface area contributed by atoms with Crippen LogP contribution in [0.1, 0.15) is 71.9 Å². The first kappa shape index (κ1) is 25.9. The van der Waals surface area contributed by atoms with Gasteiger partial charge in [0.1, 0.15) is 0 Å². The molecular weight excluding hydrogens is 336 g/mol. The van der Waals surface area contributed by atoms with Gasteiger partial charge in [-0.15, -0.1) is 0 Å². The molecule has 0 N–H and O–H groups in total. The molecule has 0 aliphatic heterocycles. The van der Waals surface area contributed by atoms with E-state index in [9.17, 15) is 0 Å². The van der Waals surface area contributed by atoms with Crippen LogP contribution in [0.25, 0.3) is 5.57 Å². The van der Waals surface area contributed by atoms with E-state index in [0.717, 1.165) is 24.8 Å². The Morgan fingerprint density at radius 2 is 1.82 bits per heavy atom. The molecule has 0 saturated heterocycles. The third-order valence-electron chi connectivity index (χ3n) is 4.79. The molecule has 1 aliphatic rings. The van der Waals surface area contributed by atoms with E-state index >= 15 is 0 Å². The molecule has 2 unspecified atom stereocenters. The second-order valence-corrected chi connectivity index (χ2v) is 6.65. The Labute approximate surface area is 175 Å². The fourth-order valence-corrected chi connectivity index (χ4v) is 3.31. The Kier molecular flexibility index (Phi) is 14.7. The van der Waals surface area contributed by atoms with E-state index in [4.69, 9.17) is 0 Å². The highest BCUT2D eigenvalue weighted by atomic mass is 14.2. The van der Waals surface area contributed by atoms with Crippen molar-refractivity contribution in [3.8, 4) is 0 Å². The molecule has 0 heterocycles. The molecule has 0 amide bonds. The van der Waals surface area contributed by atoms with Crippen molar-refractivity contribution < 1.29 is 0 Å². The third kappa shape index (κ3) is 8.74. The van der Waals surface area contributed by atoms with Crippen LogP contribution in [0.3, 0.4) is 0 Å². The molecule has 2 rings (SSSR count). The van der Waals surface area contributed by atoms with Crippen LogP contribution in [0.2, 0.25) is 0 Å². The molecule has 0 spiro atoms. The lowest BCUT2D eigenvalue weighted by molar-refractivity contribution is 0.479. The van der Waals surface area contributed by atoms with Crippen LogP contribution < -0.4 is 0 Å². The summed E-state index contributed by atoms with van der Waals surface area (Å²) in [5.74, 6) is 1.21. The predicted octanol–water partition coefficient (Wildman–Crippen LogP) is 9.11. The maximum atomic E-state index is 4.23. The maximum Gasteiger partial charge on any atom is -0.0102 e. The van der Waals surface area contributed by atoms with Crippen LogP contribution in [0, 0.1) is 18.8 Å². The number of allylic oxidation sites excluding steroid dienone is 9. The van der Waals surface area contributed by atoms with Gasteiger partial charge in [0.05, 0.1) is 0 Å². The minimum atomic E-state index is 0.592. The Morgan fingerprint density at radius 1 is 1.14 bits per heavy atom. The third-order valence-corrected chi connectivity index (χ3v) is 4.79. The van der Waals surface area contributed by atoms with Crippen LogP contribution in [-0.4, -0.2) is 0 Å². The lowest BCUT2D eigenvalue weighted by atomic mass is 9.80. The fourth-order valence-electron chi connectivity index (χ4n) is 3.31. The SMILES string of the molecule is C=C(/C=C\CC1=CC=CCC1C(C)C=CCC)c1ccccc1C.CC.CC. The van der Waals surface area contributed by atoms with E-state index in [1.807, 2.05) is 27.7 Å². The summed E-state index contributed by atoms with van der Waals surface area (Å²) in [6.45, 7) is 18.9. The van der Waals surface area contributed by atoms with Crippen LogP contribution in [0.5, 0.6) is 0 Å². The summed E-state index contributed by atoms with van der Waals surface area (Å²) in [5, 5.41) is 0. The van der Waals surface area contributed by atoms with Gasteiger partial charge in [-0.05, 0) is 54.7 Å². The molecule has 0 heteroatoms. The lowest BCUT2D eigenvalue weighted by Crippen LogP contribution is -2.13. The molecule has 1 aromatic carbocycles. The average molecular weight is 379 g/mol. The van der Waals surface area contributed by atoms with Gasteiger partial charge < -0.3 is 0 Å². The summed E-state index contributed by atoms with van der Waals surface area (Å²) in [4.78, 5) is 0. The highest BCUT2D eigenvalue weighted by Crippen LogP contribution is 2.31. The van der Waals surface area contributed by atoms with Gasteiger partial charge in [-0.2, -0.15) is 0 Å². The van der Waals surface area contributed by atoms with Crippen LogP contribution in [-0.2, 0) is 0 Å². The molecule has 1 aliphatic carbocycles. The topological polar surface area (TPSA) is 0 Å². The zero-order valence-corrected chi connectivity index (χ0v) is 19.3. The Morgan fingerprint density at radius 3 is 2.46 bits per heavy atom. The van der Waals surface area contributed by atoms with Gasteiger partial charge in [-0.3, -0.25) is 0 Å². The second kappa shape index (κ2) is 15.9. The van der Waals surface area contributed by atoms with E-state index in [2.05, 4.69) is 94.1 Å². The smallest absolute Gasteiger partial charge is 0.0102 e. The molecule has 0 saturated carbocycles. The van der Waals surface area contributed by atoms with Crippen molar-refractivity contribution in [1.29, 1.82) is 0 Å². The molecule has 0 radical (unpaired) electrons. The van der Waals surface area contributed by atoms with E-state index in [-0.39, 0.29) is 0 Å². The van der Waals surface area contributed by atoms with Crippen molar-refractivity contribution >= 4 is 5.57 Å². The normalized spacial score (nSPS) is 16.7. The molecule has 0 aromatic heterocycles. The summed E-state index contributed by atoms with van der Waals surface area (Å²) in [7, 11) is 0. The lowest BCUT2D eigenvalue weighted by Gasteiger charge is -2.25. The Balaban J connectivity index is 0.00000171. The van der Waals surface area contributed by atoms with Gasteiger partial charge in [0.25, 0.3) is 0 Å². The molecule has 154 valence electrons. The van der Waals surface area contributed by atoms with E-state index in [1.165, 1.54) is 16.7 Å². The summed E-state index contributed by atoms with van der Waals surface area (Å²) >= 11 is 0. The molecule has 1 aromatic rings. The molecular formula is C28H42. The maximum absolute atomic E-state index is 4.23. The molecule has 0 bridgehead atoms. The van der Waals surface area contributed by atoms with Gasteiger partial charge >= 0.3 is 0 Å². The highest BCUT2D eigenvalue weighted by molar-refractivity contribution is 5.73. The molecule has 2 atom stereocenters. The minimum Gasteiger partial charge on any atom is -0.0912 e. The van der Waals surface area contributed by atoms with Gasteiger partial charge in [-0.25, -0.2) is 0 Å². The molecule has 28 heavy (non-hydrogen) atoms. The Hall–Kier alpha value is -2.08.